The van der Waals surface area contributed by atoms with Crippen LogP contribution in [0, 0.1) is 6.92 Å². The molecule has 0 N–H and O–H groups in total. The number of hydrogen-bond donors (Lipinski definition) is 0. The van der Waals surface area contributed by atoms with Crippen LogP contribution in [-0.4, -0.2) is 11.6 Å². The summed E-state index contributed by atoms with van der Waals surface area (Å²) in [6.07, 6.45) is 2.92. The highest BCUT2D eigenvalue weighted by molar-refractivity contribution is 5.79. The fourth-order valence-electron chi connectivity index (χ4n) is 3.05. The van der Waals surface area contributed by atoms with Crippen molar-refractivity contribution < 1.29 is 9.53 Å². The van der Waals surface area contributed by atoms with Gasteiger partial charge in [-0.25, -0.2) is 0 Å². The van der Waals surface area contributed by atoms with E-state index in [1.165, 1.54) is 16.7 Å². The number of unbranched alkanes of at least 4 members (excludes halogenated alkanes) is 1. The van der Waals surface area contributed by atoms with Gasteiger partial charge in [0.2, 0.25) is 0 Å². The first-order valence-electron chi connectivity index (χ1n) is 9.20. The molecule has 2 aromatic carbocycles. The Labute approximate surface area is 152 Å². The SMILES string of the molecule is CCCCC(C(=O)OC(C)(C)C)c1ccc(-c2ccccc2)c(C)c1. The molecule has 0 saturated heterocycles. The minimum absolute atomic E-state index is 0.118. The van der Waals surface area contributed by atoms with E-state index in [4.69, 9.17) is 4.74 Å². The van der Waals surface area contributed by atoms with E-state index in [1.807, 2.05) is 39.0 Å². The minimum atomic E-state index is -0.458. The second kappa shape index (κ2) is 8.33. The third kappa shape index (κ3) is 5.45. The van der Waals surface area contributed by atoms with Crippen LogP contribution in [0.25, 0.3) is 11.1 Å². The standard InChI is InChI=1S/C23H30O2/c1-6-7-13-21(22(24)25-23(3,4)5)19-14-15-20(17(2)16-19)18-11-9-8-10-12-18/h8-12,14-16,21H,6-7,13H2,1-5H3. The lowest BCUT2D eigenvalue weighted by Gasteiger charge is -2.24. The van der Waals surface area contributed by atoms with E-state index >= 15 is 0 Å². The van der Waals surface area contributed by atoms with Gasteiger partial charge >= 0.3 is 5.97 Å². The molecule has 25 heavy (non-hydrogen) atoms. The Kier molecular flexibility index (Phi) is 6.41. The molecule has 0 fully saturated rings. The summed E-state index contributed by atoms with van der Waals surface area (Å²) in [6, 6.07) is 16.7. The third-order valence-corrected chi connectivity index (χ3v) is 4.28. The van der Waals surface area contributed by atoms with Gasteiger partial charge in [-0.3, -0.25) is 4.79 Å². The fraction of sp³-hybridized carbons (Fsp3) is 0.435. The number of esters is 1. The lowest BCUT2D eigenvalue weighted by molar-refractivity contribution is -0.157. The summed E-state index contributed by atoms with van der Waals surface area (Å²) in [5, 5.41) is 0. The van der Waals surface area contributed by atoms with Gasteiger partial charge in [0.1, 0.15) is 5.60 Å². The van der Waals surface area contributed by atoms with Crippen molar-refractivity contribution in [3.8, 4) is 11.1 Å². The zero-order valence-corrected chi connectivity index (χ0v) is 16.1. The van der Waals surface area contributed by atoms with Crippen molar-refractivity contribution in [3.63, 3.8) is 0 Å². The normalized spacial score (nSPS) is 12.7. The number of rotatable bonds is 6. The molecule has 0 amide bonds. The van der Waals surface area contributed by atoms with Crippen LogP contribution in [0.5, 0.6) is 0 Å². The van der Waals surface area contributed by atoms with Gasteiger partial charge in [-0.2, -0.15) is 0 Å². The predicted octanol–water partition coefficient (Wildman–Crippen LogP) is 6.28. The van der Waals surface area contributed by atoms with Crippen LogP contribution >= 0.6 is 0 Å². The van der Waals surface area contributed by atoms with E-state index < -0.39 is 5.60 Å². The van der Waals surface area contributed by atoms with Gasteiger partial charge in [0.05, 0.1) is 5.92 Å². The van der Waals surface area contributed by atoms with Gasteiger partial charge in [0, 0.05) is 0 Å². The minimum Gasteiger partial charge on any atom is -0.459 e. The zero-order valence-electron chi connectivity index (χ0n) is 16.1. The Morgan fingerprint density at radius 2 is 1.76 bits per heavy atom. The molecule has 0 aromatic heterocycles. The topological polar surface area (TPSA) is 26.3 Å². The number of ether oxygens (including phenoxy) is 1. The van der Waals surface area contributed by atoms with Crippen molar-refractivity contribution in [2.24, 2.45) is 0 Å². The van der Waals surface area contributed by atoms with Crippen molar-refractivity contribution >= 4 is 5.97 Å². The smallest absolute Gasteiger partial charge is 0.313 e. The molecule has 0 heterocycles. The number of benzene rings is 2. The summed E-state index contributed by atoms with van der Waals surface area (Å²) in [5.74, 6) is -0.310. The number of hydrogen-bond acceptors (Lipinski definition) is 2. The molecule has 2 rings (SSSR count). The van der Waals surface area contributed by atoms with Gasteiger partial charge in [-0.1, -0.05) is 68.3 Å². The van der Waals surface area contributed by atoms with Crippen molar-refractivity contribution in [1.82, 2.24) is 0 Å². The predicted molar refractivity (Wildman–Crippen MR) is 105 cm³/mol. The third-order valence-electron chi connectivity index (χ3n) is 4.28. The van der Waals surface area contributed by atoms with E-state index in [1.54, 1.807) is 0 Å². The summed E-state index contributed by atoms with van der Waals surface area (Å²) >= 11 is 0. The summed E-state index contributed by atoms with van der Waals surface area (Å²) in [6.45, 7) is 10.0. The first-order valence-corrected chi connectivity index (χ1v) is 9.20. The highest BCUT2D eigenvalue weighted by atomic mass is 16.6. The Morgan fingerprint density at radius 3 is 2.32 bits per heavy atom. The summed E-state index contributed by atoms with van der Waals surface area (Å²) in [5.41, 5.74) is 4.20. The molecular formula is C23H30O2. The molecule has 1 atom stereocenters. The van der Waals surface area contributed by atoms with Gasteiger partial charge < -0.3 is 4.74 Å². The maximum atomic E-state index is 12.7. The lowest BCUT2D eigenvalue weighted by Crippen LogP contribution is -2.28. The first kappa shape index (κ1) is 19.2. The Bertz CT molecular complexity index is 696. The average Bonchev–Trinajstić information content (AvgIpc) is 2.54. The summed E-state index contributed by atoms with van der Waals surface area (Å²) < 4.78 is 5.67. The Morgan fingerprint density at radius 1 is 1.08 bits per heavy atom. The van der Waals surface area contributed by atoms with E-state index in [9.17, 15) is 4.79 Å². The van der Waals surface area contributed by atoms with E-state index in [0.717, 1.165) is 24.8 Å². The molecule has 0 bridgehead atoms. The molecule has 2 heteroatoms. The van der Waals surface area contributed by atoms with Crippen molar-refractivity contribution in [1.29, 1.82) is 0 Å². The maximum Gasteiger partial charge on any atom is 0.313 e. The van der Waals surface area contributed by atoms with Crippen LogP contribution in [0.1, 0.15) is 64.0 Å². The van der Waals surface area contributed by atoms with Gasteiger partial charge in [-0.15, -0.1) is 0 Å². The van der Waals surface area contributed by atoms with Crippen LogP contribution in [0.15, 0.2) is 48.5 Å². The largest absolute Gasteiger partial charge is 0.459 e. The van der Waals surface area contributed by atoms with Crippen LogP contribution < -0.4 is 0 Å². The summed E-state index contributed by atoms with van der Waals surface area (Å²) in [4.78, 5) is 12.7. The number of carbonyl (C=O) groups is 1. The molecule has 0 aliphatic heterocycles. The van der Waals surface area contributed by atoms with Crippen molar-refractivity contribution in [2.75, 3.05) is 0 Å². The molecule has 0 spiro atoms. The second-order valence-corrected chi connectivity index (χ2v) is 7.67. The van der Waals surface area contributed by atoms with Crippen LogP contribution in [-0.2, 0) is 9.53 Å². The first-order chi connectivity index (χ1) is 11.8. The Hall–Kier alpha value is -2.09. The second-order valence-electron chi connectivity index (χ2n) is 7.67. The number of carbonyl (C=O) groups excluding carboxylic acids is 1. The van der Waals surface area contributed by atoms with E-state index in [0.29, 0.717) is 0 Å². The monoisotopic (exact) mass is 338 g/mol. The fourth-order valence-corrected chi connectivity index (χ4v) is 3.05. The van der Waals surface area contributed by atoms with Crippen molar-refractivity contribution in [3.05, 3.63) is 59.7 Å². The molecule has 0 aliphatic rings. The van der Waals surface area contributed by atoms with Crippen molar-refractivity contribution in [2.45, 2.75) is 65.4 Å². The molecule has 2 aromatic rings. The molecule has 2 nitrogen and oxygen atoms in total. The van der Waals surface area contributed by atoms with Crippen LogP contribution in [0.4, 0.5) is 0 Å². The van der Waals surface area contributed by atoms with Crippen LogP contribution in [0.3, 0.4) is 0 Å². The van der Waals surface area contributed by atoms with E-state index in [-0.39, 0.29) is 11.9 Å². The average molecular weight is 338 g/mol. The van der Waals surface area contributed by atoms with Crippen LogP contribution in [0.2, 0.25) is 0 Å². The zero-order chi connectivity index (χ0) is 18.4. The molecule has 1 unspecified atom stereocenters. The molecule has 0 radical (unpaired) electrons. The molecule has 134 valence electrons. The molecule has 0 saturated carbocycles. The summed E-state index contributed by atoms with van der Waals surface area (Å²) in [7, 11) is 0. The van der Waals surface area contributed by atoms with Gasteiger partial charge in [-0.05, 0) is 56.4 Å². The van der Waals surface area contributed by atoms with E-state index in [2.05, 4.69) is 44.2 Å². The highest BCUT2D eigenvalue weighted by Crippen LogP contribution is 2.30. The molecule has 0 aliphatic carbocycles. The molecular weight excluding hydrogens is 308 g/mol. The maximum absolute atomic E-state index is 12.7. The quantitative estimate of drug-likeness (QED) is 0.580. The lowest BCUT2D eigenvalue weighted by atomic mass is 9.89. The Balaban J connectivity index is 2.31. The number of aryl methyl sites for hydroxylation is 1. The van der Waals surface area contributed by atoms with Gasteiger partial charge in [0.25, 0.3) is 0 Å². The van der Waals surface area contributed by atoms with Gasteiger partial charge in [0.15, 0.2) is 0 Å². The highest BCUT2D eigenvalue weighted by Gasteiger charge is 2.26.